The molecule has 4 saturated carbocycles. The van der Waals surface area contributed by atoms with E-state index in [1.165, 1.54) is 116 Å². The van der Waals surface area contributed by atoms with Crippen molar-refractivity contribution in [1.29, 1.82) is 0 Å². The third kappa shape index (κ3) is 5.29. The molecule has 0 heterocycles. The lowest BCUT2D eigenvalue weighted by Crippen LogP contribution is -2.48. The smallest absolute Gasteiger partial charge is 0.0546 e. The Labute approximate surface area is 343 Å². The molecule has 58 heavy (non-hydrogen) atoms. The molecule has 0 atom stereocenters. The number of hydrogen-bond donors (Lipinski definition) is 0. The zero-order valence-electron chi connectivity index (χ0n) is 33.6. The Morgan fingerprint density at radius 1 is 0.431 bits per heavy atom. The van der Waals surface area contributed by atoms with E-state index in [0.717, 1.165) is 23.4 Å². The Morgan fingerprint density at radius 2 is 0.931 bits per heavy atom. The number of fused-ring (bicyclic) bond motifs is 6. The number of hydrogen-bond acceptors (Lipinski definition) is 1. The van der Waals surface area contributed by atoms with Crippen LogP contribution >= 0.6 is 0 Å². The van der Waals surface area contributed by atoms with Crippen LogP contribution in [-0.4, -0.2) is 0 Å². The average Bonchev–Trinajstić information content (AvgIpc) is 3.49. The quantitative estimate of drug-likeness (QED) is 0.153. The van der Waals surface area contributed by atoms with Crippen molar-refractivity contribution in [2.24, 2.45) is 17.8 Å². The number of anilines is 3. The summed E-state index contributed by atoms with van der Waals surface area (Å²) in [6.45, 7) is 4.74. The van der Waals surface area contributed by atoms with E-state index < -0.39 is 0 Å². The molecule has 4 fully saturated rings. The van der Waals surface area contributed by atoms with Crippen LogP contribution in [0.3, 0.4) is 0 Å². The molecule has 13 rings (SSSR count). The topological polar surface area (TPSA) is 3.24 Å². The molecular formula is C57H49N. The highest BCUT2D eigenvalue weighted by Crippen LogP contribution is 2.61. The SMILES string of the molecule is CC1(C)c2ccccc2-c2ccc(N(c3ccc(-c4ccc(-c5ccc(C67CC8CC(CC(C8)C6)C7)cc5)cc4)cc3)c3cc4ccccc4c4ccccc34)cc21. The van der Waals surface area contributed by atoms with Gasteiger partial charge in [0.2, 0.25) is 0 Å². The number of nitrogens with zero attached hydrogens (tertiary/aromatic N) is 1. The summed E-state index contributed by atoms with van der Waals surface area (Å²) >= 11 is 0. The lowest BCUT2D eigenvalue weighted by atomic mass is 9.48. The largest absolute Gasteiger partial charge is 0.310 e. The highest BCUT2D eigenvalue weighted by molar-refractivity contribution is 6.14. The third-order valence-electron chi connectivity index (χ3n) is 15.0. The van der Waals surface area contributed by atoms with E-state index in [1.807, 2.05) is 0 Å². The van der Waals surface area contributed by atoms with Crippen molar-refractivity contribution in [2.45, 2.75) is 63.2 Å². The summed E-state index contributed by atoms with van der Waals surface area (Å²) in [5.74, 6) is 2.91. The molecule has 1 heteroatoms. The fourth-order valence-electron chi connectivity index (χ4n) is 12.6. The average molecular weight is 748 g/mol. The van der Waals surface area contributed by atoms with E-state index >= 15 is 0 Å². The number of rotatable bonds is 6. The van der Waals surface area contributed by atoms with Crippen molar-refractivity contribution in [3.63, 3.8) is 0 Å². The van der Waals surface area contributed by atoms with Crippen molar-refractivity contribution in [3.8, 4) is 33.4 Å². The maximum Gasteiger partial charge on any atom is 0.0546 e. The second kappa shape index (κ2) is 12.8. The van der Waals surface area contributed by atoms with Crippen LogP contribution in [0.5, 0.6) is 0 Å². The summed E-state index contributed by atoms with van der Waals surface area (Å²) in [6, 6.07) is 64.3. The second-order valence-corrected chi connectivity index (χ2v) is 18.8. The summed E-state index contributed by atoms with van der Waals surface area (Å²) in [4.78, 5) is 2.48. The van der Waals surface area contributed by atoms with Gasteiger partial charge >= 0.3 is 0 Å². The van der Waals surface area contributed by atoms with Crippen LogP contribution in [-0.2, 0) is 10.8 Å². The van der Waals surface area contributed by atoms with Gasteiger partial charge in [-0.25, -0.2) is 0 Å². The Kier molecular flexibility index (Phi) is 7.53. The Bertz CT molecular complexity index is 2840. The van der Waals surface area contributed by atoms with Gasteiger partial charge in [0, 0.05) is 22.2 Å². The van der Waals surface area contributed by atoms with Crippen molar-refractivity contribution in [2.75, 3.05) is 4.90 Å². The predicted molar refractivity (Wildman–Crippen MR) is 244 cm³/mol. The first kappa shape index (κ1) is 34.1. The summed E-state index contributed by atoms with van der Waals surface area (Å²) in [6.07, 6.45) is 8.74. The van der Waals surface area contributed by atoms with Gasteiger partial charge in [-0.1, -0.05) is 153 Å². The van der Waals surface area contributed by atoms with Gasteiger partial charge in [-0.2, -0.15) is 0 Å². The zero-order chi connectivity index (χ0) is 38.6. The Balaban J connectivity index is 0.897. The first-order chi connectivity index (χ1) is 28.4. The molecule has 0 aromatic heterocycles. The molecule has 4 bridgehead atoms. The number of benzene rings is 8. The molecule has 0 unspecified atom stereocenters. The summed E-state index contributed by atoms with van der Waals surface area (Å²) in [5, 5.41) is 5.04. The highest BCUT2D eigenvalue weighted by Gasteiger charge is 2.51. The minimum atomic E-state index is -0.0917. The molecule has 1 nitrogen and oxygen atoms in total. The minimum Gasteiger partial charge on any atom is -0.310 e. The predicted octanol–water partition coefficient (Wildman–Crippen LogP) is 15.6. The van der Waals surface area contributed by atoms with Crippen molar-refractivity contribution < 1.29 is 0 Å². The molecule has 0 amide bonds. The van der Waals surface area contributed by atoms with Crippen LogP contribution in [0.1, 0.15) is 69.1 Å². The normalized spacial score (nSPS) is 22.3. The summed E-state index contributed by atoms with van der Waals surface area (Å²) in [5.41, 5.74) is 16.0. The van der Waals surface area contributed by atoms with Gasteiger partial charge in [0.25, 0.3) is 0 Å². The molecule has 0 spiro atoms. The van der Waals surface area contributed by atoms with E-state index in [2.05, 4.69) is 189 Å². The van der Waals surface area contributed by atoms with Crippen LogP contribution in [0.25, 0.3) is 54.9 Å². The molecule has 8 aromatic rings. The molecule has 5 aliphatic rings. The maximum absolute atomic E-state index is 2.48. The van der Waals surface area contributed by atoms with Gasteiger partial charge < -0.3 is 4.90 Å². The first-order valence-corrected chi connectivity index (χ1v) is 21.7. The van der Waals surface area contributed by atoms with Crippen molar-refractivity contribution in [3.05, 3.63) is 187 Å². The third-order valence-corrected chi connectivity index (χ3v) is 15.0. The Morgan fingerprint density at radius 3 is 1.59 bits per heavy atom. The molecular weight excluding hydrogens is 699 g/mol. The second-order valence-electron chi connectivity index (χ2n) is 18.8. The van der Waals surface area contributed by atoms with Crippen LogP contribution in [0.4, 0.5) is 17.1 Å². The fraction of sp³-hybridized carbons (Fsp3) is 0.228. The molecule has 0 saturated heterocycles. The van der Waals surface area contributed by atoms with E-state index in [0.29, 0.717) is 5.41 Å². The zero-order valence-corrected chi connectivity index (χ0v) is 33.6. The molecule has 5 aliphatic carbocycles. The molecule has 0 N–H and O–H groups in total. The van der Waals surface area contributed by atoms with Gasteiger partial charge in [0.1, 0.15) is 0 Å². The molecule has 282 valence electrons. The van der Waals surface area contributed by atoms with Gasteiger partial charge in [-0.3, -0.25) is 0 Å². The maximum atomic E-state index is 2.48. The highest BCUT2D eigenvalue weighted by atomic mass is 15.1. The van der Waals surface area contributed by atoms with E-state index in [1.54, 1.807) is 5.56 Å². The van der Waals surface area contributed by atoms with Crippen LogP contribution < -0.4 is 4.90 Å². The van der Waals surface area contributed by atoms with Gasteiger partial charge in [0.15, 0.2) is 0 Å². The van der Waals surface area contributed by atoms with Crippen molar-refractivity contribution in [1.82, 2.24) is 0 Å². The Hall–Kier alpha value is -5.92. The fourth-order valence-corrected chi connectivity index (χ4v) is 12.6. The molecule has 8 aromatic carbocycles. The van der Waals surface area contributed by atoms with Gasteiger partial charge in [0.05, 0.1) is 5.69 Å². The van der Waals surface area contributed by atoms with Crippen LogP contribution in [0.15, 0.2) is 170 Å². The molecule has 0 aliphatic heterocycles. The summed E-state index contributed by atoms with van der Waals surface area (Å²) in [7, 11) is 0. The van der Waals surface area contributed by atoms with Crippen LogP contribution in [0, 0.1) is 17.8 Å². The lowest BCUT2D eigenvalue weighted by Gasteiger charge is -2.57. The van der Waals surface area contributed by atoms with E-state index in [4.69, 9.17) is 0 Å². The van der Waals surface area contributed by atoms with Gasteiger partial charge in [-0.15, -0.1) is 0 Å². The first-order valence-electron chi connectivity index (χ1n) is 21.7. The molecule has 0 radical (unpaired) electrons. The standard InChI is InChI=1S/C57H49N/c1-56(2)53-14-8-7-12-50(53)51-28-27-47(33-54(51)56)58(55-32-44-9-3-4-10-48(44)49-11-5-6-13-52(49)55)46-25-21-43(22-26-46)41-17-15-40(16-18-41)42-19-23-45(24-20-42)57-34-37-29-38(35-57)31-39(30-37)36-57/h3-28,32-33,37-39H,29-31,34-36H2,1-2H3. The van der Waals surface area contributed by atoms with Gasteiger partial charge in [-0.05, 0) is 158 Å². The van der Waals surface area contributed by atoms with E-state index in [9.17, 15) is 0 Å². The van der Waals surface area contributed by atoms with Crippen molar-refractivity contribution >= 4 is 38.6 Å². The lowest BCUT2D eigenvalue weighted by molar-refractivity contribution is -0.00518. The minimum absolute atomic E-state index is 0.0917. The summed E-state index contributed by atoms with van der Waals surface area (Å²) < 4.78 is 0. The van der Waals surface area contributed by atoms with E-state index in [-0.39, 0.29) is 5.41 Å². The van der Waals surface area contributed by atoms with Crippen LogP contribution in [0.2, 0.25) is 0 Å². The monoisotopic (exact) mass is 747 g/mol.